The second-order valence-electron chi connectivity index (χ2n) is 6.55. The molecule has 0 bridgehead atoms. The summed E-state index contributed by atoms with van der Waals surface area (Å²) in [7, 11) is 0. The summed E-state index contributed by atoms with van der Waals surface area (Å²) in [5, 5.41) is 5.96. The number of aryl methyl sites for hydroxylation is 1. The van der Waals surface area contributed by atoms with E-state index in [2.05, 4.69) is 37.7 Å². The van der Waals surface area contributed by atoms with Crippen molar-refractivity contribution in [2.24, 2.45) is 10.7 Å². The molecule has 0 aliphatic carbocycles. The predicted octanol–water partition coefficient (Wildman–Crippen LogP) is 4.52. The van der Waals surface area contributed by atoms with Crippen LogP contribution in [0.2, 0.25) is 0 Å². The zero-order valence-electron chi connectivity index (χ0n) is 16.2. The smallest absolute Gasteiger partial charge is 0.370 e. The lowest BCUT2D eigenvalue weighted by atomic mass is 10.1. The largest absolute Gasteiger partial charge is 0.416 e. The average molecular weight is 414 g/mol. The fourth-order valence-electron chi connectivity index (χ4n) is 2.70. The minimum absolute atomic E-state index is 0.0319. The van der Waals surface area contributed by atoms with Crippen molar-refractivity contribution in [2.75, 3.05) is 17.2 Å². The minimum Gasteiger partial charge on any atom is -0.370 e. The van der Waals surface area contributed by atoms with Crippen LogP contribution < -0.4 is 16.4 Å². The van der Waals surface area contributed by atoms with Crippen molar-refractivity contribution in [3.8, 4) is 0 Å². The summed E-state index contributed by atoms with van der Waals surface area (Å²) in [6, 6.07) is 16.3. The molecular weight excluding hydrogens is 393 g/mol. The number of guanidine groups is 1. The predicted molar refractivity (Wildman–Crippen MR) is 112 cm³/mol. The number of alkyl halides is 3. The Balaban J connectivity index is 1.64. The van der Waals surface area contributed by atoms with E-state index in [0.29, 0.717) is 23.7 Å². The Bertz CT molecular complexity index is 1000. The number of halogens is 3. The number of hydrogen-bond donors (Lipinski definition) is 3. The Hall–Kier alpha value is -3.62. The fourth-order valence-corrected chi connectivity index (χ4v) is 2.70. The van der Waals surface area contributed by atoms with Crippen LogP contribution in [0.25, 0.3) is 0 Å². The third-order valence-electron chi connectivity index (χ3n) is 4.11. The highest BCUT2D eigenvalue weighted by Crippen LogP contribution is 2.29. The van der Waals surface area contributed by atoms with E-state index in [4.69, 9.17) is 5.73 Å². The van der Waals surface area contributed by atoms with Crippen molar-refractivity contribution in [1.82, 2.24) is 9.97 Å². The molecule has 0 atom stereocenters. The molecule has 2 aromatic carbocycles. The van der Waals surface area contributed by atoms with E-state index in [0.717, 1.165) is 18.6 Å². The van der Waals surface area contributed by atoms with Gasteiger partial charge in [-0.15, -0.1) is 0 Å². The molecule has 9 heteroatoms. The van der Waals surface area contributed by atoms with Crippen LogP contribution in [-0.4, -0.2) is 22.5 Å². The third-order valence-corrected chi connectivity index (χ3v) is 4.11. The molecule has 0 radical (unpaired) electrons. The van der Waals surface area contributed by atoms with E-state index in [9.17, 15) is 13.2 Å². The zero-order valence-corrected chi connectivity index (χ0v) is 16.2. The Morgan fingerprint density at radius 3 is 2.40 bits per heavy atom. The van der Waals surface area contributed by atoms with E-state index in [1.54, 1.807) is 6.07 Å². The second kappa shape index (κ2) is 9.25. The normalized spacial score (nSPS) is 11.9. The van der Waals surface area contributed by atoms with Crippen molar-refractivity contribution < 1.29 is 13.2 Å². The van der Waals surface area contributed by atoms with Crippen LogP contribution >= 0.6 is 0 Å². The molecule has 156 valence electrons. The molecule has 4 N–H and O–H groups in total. The molecule has 0 spiro atoms. The number of nitrogens with zero attached hydrogens (tertiary/aromatic N) is 3. The minimum atomic E-state index is -4.39. The van der Waals surface area contributed by atoms with Crippen molar-refractivity contribution in [3.63, 3.8) is 0 Å². The van der Waals surface area contributed by atoms with Crippen molar-refractivity contribution in [2.45, 2.75) is 19.5 Å². The first-order valence-corrected chi connectivity index (χ1v) is 9.21. The van der Waals surface area contributed by atoms with Gasteiger partial charge in [-0.05, 0) is 43.2 Å². The molecule has 1 heterocycles. The first kappa shape index (κ1) is 21.1. The first-order valence-electron chi connectivity index (χ1n) is 9.21. The molecule has 0 fully saturated rings. The Kier molecular flexibility index (Phi) is 6.51. The van der Waals surface area contributed by atoms with Crippen LogP contribution in [0.3, 0.4) is 0 Å². The van der Waals surface area contributed by atoms with Crippen molar-refractivity contribution in [1.29, 1.82) is 0 Å². The lowest BCUT2D eigenvalue weighted by molar-refractivity contribution is -0.137. The highest BCUT2D eigenvalue weighted by molar-refractivity contribution is 5.93. The van der Waals surface area contributed by atoms with Gasteiger partial charge in [0, 0.05) is 24.0 Å². The molecule has 0 aliphatic heterocycles. The maximum Gasteiger partial charge on any atom is 0.416 e. The molecule has 6 nitrogen and oxygen atoms in total. The van der Waals surface area contributed by atoms with Gasteiger partial charge in [0.25, 0.3) is 5.95 Å². The van der Waals surface area contributed by atoms with Crippen molar-refractivity contribution in [3.05, 3.63) is 77.5 Å². The van der Waals surface area contributed by atoms with Crippen LogP contribution in [0.1, 0.15) is 16.8 Å². The molecule has 0 amide bonds. The highest BCUT2D eigenvalue weighted by Gasteiger charge is 2.29. The van der Waals surface area contributed by atoms with Gasteiger partial charge >= 0.3 is 6.18 Å². The van der Waals surface area contributed by atoms with Gasteiger partial charge in [0.15, 0.2) is 0 Å². The number of rotatable bonds is 6. The van der Waals surface area contributed by atoms with Gasteiger partial charge in [-0.2, -0.15) is 23.1 Å². The Labute approximate surface area is 172 Å². The Morgan fingerprint density at radius 2 is 1.73 bits per heavy atom. The maximum absolute atomic E-state index is 12.6. The number of aromatic nitrogens is 2. The SMILES string of the molecule is Cc1cc(NCCc2ccccc2)nc(/N=C(\N)Nc2ccc(C(F)(F)F)cc2)n1. The van der Waals surface area contributed by atoms with Gasteiger partial charge in [0.2, 0.25) is 5.96 Å². The number of anilines is 2. The summed E-state index contributed by atoms with van der Waals surface area (Å²) >= 11 is 0. The molecule has 3 rings (SSSR count). The van der Waals surface area contributed by atoms with Gasteiger partial charge in [0.1, 0.15) is 5.82 Å². The summed E-state index contributed by atoms with van der Waals surface area (Å²) in [6.45, 7) is 2.49. The van der Waals surface area contributed by atoms with Crippen LogP contribution in [-0.2, 0) is 12.6 Å². The third kappa shape index (κ3) is 6.20. The average Bonchev–Trinajstić information content (AvgIpc) is 2.68. The molecular formula is C21H21F3N6. The van der Waals surface area contributed by atoms with Crippen LogP contribution in [0.4, 0.5) is 30.6 Å². The summed E-state index contributed by atoms with van der Waals surface area (Å²) in [5.41, 5.74) is 7.40. The number of aliphatic imine (C=N–C) groups is 1. The first-order chi connectivity index (χ1) is 14.3. The molecule has 3 aromatic rings. The lowest BCUT2D eigenvalue weighted by Gasteiger charge is -2.09. The number of benzene rings is 2. The van der Waals surface area contributed by atoms with Crippen molar-refractivity contribution >= 4 is 23.4 Å². The molecule has 0 aliphatic rings. The van der Waals surface area contributed by atoms with E-state index in [1.165, 1.54) is 17.7 Å². The molecule has 1 aromatic heterocycles. The summed E-state index contributed by atoms with van der Waals surface area (Å²) in [6.07, 6.45) is -3.56. The van der Waals surface area contributed by atoms with Crippen LogP contribution in [0, 0.1) is 6.92 Å². The zero-order chi connectivity index (χ0) is 21.6. The van der Waals surface area contributed by atoms with Gasteiger partial charge in [0.05, 0.1) is 5.56 Å². The lowest BCUT2D eigenvalue weighted by Crippen LogP contribution is -2.22. The topological polar surface area (TPSA) is 88.2 Å². The number of nitrogens with one attached hydrogen (secondary N) is 2. The summed E-state index contributed by atoms with van der Waals surface area (Å²) in [4.78, 5) is 12.6. The van der Waals surface area contributed by atoms with Gasteiger partial charge in [-0.3, -0.25) is 0 Å². The number of hydrogen-bond acceptors (Lipinski definition) is 4. The van der Waals surface area contributed by atoms with Gasteiger partial charge < -0.3 is 16.4 Å². The number of nitrogens with two attached hydrogens (primary N) is 1. The summed E-state index contributed by atoms with van der Waals surface area (Å²) < 4.78 is 37.9. The van der Waals surface area contributed by atoms with Crippen LogP contribution in [0.15, 0.2) is 65.7 Å². The molecule has 0 unspecified atom stereocenters. The van der Waals surface area contributed by atoms with E-state index < -0.39 is 11.7 Å². The fraction of sp³-hybridized carbons (Fsp3) is 0.190. The highest BCUT2D eigenvalue weighted by atomic mass is 19.4. The second-order valence-corrected chi connectivity index (χ2v) is 6.55. The van der Waals surface area contributed by atoms with E-state index >= 15 is 0 Å². The summed E-state index contributed by atoms with van der Waals surface area (Å²) in [5.74, 6) is 0.726. The monoisotopic (exact) mass is 414 g/mol. The molecule has 0 saturated heterocycles. The molecule has 0 saturated carbocycles. The van der Waals surface area contributed by atoms with Gasteiger partial charge in [-0.1, -0.05) is 30.3 Å². The van der Waals surface area contributed by atoms with Gasteiger partial charge in [-0.25, -0.2) is 4.98 Å². The molecule has 30 heavy (non-hydrogen) atoms. The van der Waals surface area contributed by atoms with E-state index in [1.807, 2.05) is 25.1 Å². The van der Waals surface area contributed by atoms with E-state index in [-0.39, 0.29) is 11.9 Å². The van der Waals surface area contributed by atoms with Crippen LogP contribution in [0.5, 0.6) is 0 Å². The maximum atomic E-state index is 12.6. The Morgan fingerprint density at radius 1 is 1.03 bits per heavy atom. The standard InChI is InChI=1S/C21H21F3N6/c1-14-13-18(26-12-11-15-5-3-2-4-6-15)29-20(27-14)30-19(25)28-17-9-7-16(8-10-17)21(22,23)24/h2-10,13H,11-12H2,1H3,(H4,25,26,27,28,29,30). The quantitative estimate of drug-likeness (QED) is 0.408.